The fraction of sp³-hybridized carbons (Fsp3) is 0.250. The summed E-state index contributed by atoms with van der Waals surface area (Å²) in [5.41, 5.74) is 4.19. The minimum absolute atomic E-state index is 0.0836. The number of oxime groups is 1. The predicted octanol–water partition coefficient (Wildman–Crippen LogP) is 8.82. The summed E-state index contributed by atoms with van der Waals surface area (Å²) in [5, 5.41) is 13.1. The number of carbonyl (C=O) groups is 3. The van der Waals surface area contributed by atoms with Crippen molar-refractivity contribution in [2.75, 3.05) is 50.6 Å². The van der Waals surface area contributed by atoms with Crippen LogP contribution >= 0.6 is 34.9 Å². The highest BCUT2D eigenvalue weighted by molar-refractivity contribution is 8.22. The van der Waals surface area contributed by atoms with Crippen molar-refractivity contribution in [3.8, 4) is 0 Å². The molecule has 0 radical (unpaired) electrons. The maximum atomic E-state index is 14.6. The molecule has 0 spiro atoms. The van der Waals surface area contributed by atoms with Gasteiger partial charge in [-0.3, -0.25) is 14.5 Å². The molecule has 2 fully saturated rings. The zero-order valence-electron chi connectivity index (χ0n) is 36.7. The second kappa shape index (κ2) is 20.1. The van der Waals surface area contributed by atoms with Gasteiger partial charge in [0.15, 0.2) is 22.6 Å². The highest BCUT2D eigenvalue weighted by Gasteiger charge is 2.55. The van der Waals surface area contributed by atoms with Crippen molar-refractivity contribution in [2.24, 2.45) is 5.16 Å². The number of nitrogens with one attached hydrogen (secondary N) is 2. The molecule has 5 aromatic carbocycles. The maximum absolute atomic E-state index is 14.6. The number of β-lactam (4-membered cyclic amide) rings is 1. The van der Waals surface area contributed by atoms with E-state index in [9.17, 15) is 14.4 Å². The van der Waals surface area contributed by atoms with Gasteiger partial charge < -0.3 is 24.7 Å². The first kappa shape index (κ1) is 45.0. The van der Waals surface area contributed by atoms with Gasteiger partial charge in [-0.2, -0.15) is 0 Å². The van der Waals surface area contributed by atoms with Crippen molar-refractivity contribution in [1.29, 1.82) is 0 Å². The Balaban J connectivity index is 0.972. The van der Waals surface area contributed by atoms with Crippen molar-refractivity contribution in [2.45, 2.75) is 36.6 Å². The number of carbonyl (C=O) groups excluding carboxylic acids is 3. The van der Waals surface area contributed by atoms with E-state index in [0.29, 0.717) is 10.9 Å². The normalized spacial score (nSPS) is 18.1. The van der Waals surface area contributed by atoms with Crippen LogP contribution in [-0.2, 0) is 29.5 Å². The Morgan fingerprint density at radius 2 is 1.36 bits per heavy atom. The van der Waals surface area contributed by atoms with E-state index in [4.69, 9.17) is 14.6 Å². The molecule has 14 heteroatoms. The average Bonchev–Trinajstić information content (AvgIpc) is 4.03. The van der Waals surface area contributed by atoms with Gasteiger partial charge >= 0.3 is 5.97 Å². The van der Waals surface area contributed by atoms with Crippen LogP contribution in [0.2, 0.25) is 0 Å². The van der Waals surface area contributed by atoms with E-state index in [1.165, 1.54) is 48.0 Å². The monoisotopic (exact) mass is 935 g/mol. The number of quaternary nitrogens is 1. The fourth-order valence-corrected chi connectivity index (χ4v) is 12.6. The first-order valence-corrected chi connectivity index (χ1v) is 24.9. The Kier molecular flexibility index (Phi) is 13.7. The lowest BCUT2D eigenvalue weighted by Gasteiger charge is -2.50. The minimum atomic E-state index is -0.923. The fourth-order valence-electron chi connectivity index (χ4n) is 9.08. The van der Waals surface area contributed by atoms with E-state index < -0.39 is 41.5 Å². The number of esters is 1. The van der Waals surface area contributed by atoms with Crippen LogP contribution in [0.25, 0.3) is 0 Å². The molecular weight excluding hydrogens is 885 g/mol. The molecule has 2 atom stereocenters. The van der Waals surface area contributed by atoms with Crippen LogP contribution in [0.15, 0.2) is 172 Å². The largest absolute Gasteiger partial charge is 0.448 e. The lowest BCUT2D eigenvalue weighted by atomic mass is 9.77. The van der Waals surface area contributed by atoms with Gasteiger partial charge in [0.1, 0.15) is 24.4 Å². The summed E-state index contributed by atoms with van der Waals surface area (Å²) in [6.45, 7) is 3.22. The number of likely N-dealkylation sites (tertiary alicyclic amines) is 1. The zero-order valence-corrected chi connectivity index (χ0v) is 39.2. The van der Waals surface area contributed by atoms with E-state index in [-0.39, 0.29) is 17.1 Å². The number of aromatic nitrogens is 1. The molecule has 2 N–H and O–H groups in total. The summed E-state index contributed by atoms with van der Waals surface area (Å²) < 4.78 is 8.14. The average molecular weight is 936 g/mol. The van der Waals surface area contributed by atoms with Crippen LogP contribution in [0.3, 0.4) is 0 Å². The number of ether oxygens (including phenoxy) is 1. The minimum Gasteiger partial charge on any atom is -0.448 e. The second-order valence-corrected chi connectivity index (χ2v) is 20.0. The molecule has 3 aliphatic rings. The van der Waals surface area contributed by atoms with E-state index in [2.05, 4.69) is 59.2 Å². The summed E-state index contributed by atoms with van der Waals surface area (Å²) in [6, 6.07) is 48.3. The number of hydrogen-bond acceptors (Lipinski definition) is 11. The number of rotatable bonds is 17. The summed E-state index contributed by atoms with van der Waals surface area (Å²) in [6.07, 6.45) is 1.72. The first-order chi connectivity index (χ1) is 32.3. The van der Waals surface area contributed by atoms with Crippen molar-refractivity contribution in [1.82, 2.24) is 15.2 Å². The van der Waals surface area contributed by atoms with Crippen LogP contribution in [0.5, 0.6) is 0 Å². The van der Waals surface area contributed by atoms with E-state index in [0.717, 1.165) is 61.9 Å². The Labute approximate surface area is 397 Å². The lowest BCUT2D eigenvalue weighted by molar-refractivity contribution is -0.895. The summed E-state index contributed by atoms with van der Waals surface area (Å²) >= 11 is 4.46. The number of hydrogen-bond donors (Lipinski definition) is 2. The Morgan fingerprint density at radius 1 is 0.833 bits per heavy atom. The maximum Gasteiger partial charge on any atom is 0.357 e. The zero-order chi connectivity index (χ0) is 45.5. The Bertz CT molecular complexity index is 2560. The molecule has 4 heterocycles. The van der Waals surface area contributed by atoms with Gasteiger partial charge in [0.2, 0.25) is 0 Å². The van der Waals surface area contributed by atoms with Crippen molar-refractivity contribution < 1.29 is 28.4 Å². The van der Waals surface area contributed by atoms with Crippen LogP contribution in [-0.4, -0.2) is 95.2 Å². The molecule has 9 rings (SSSR count). The number of benzene rings is 5. The second-order valence-electron chi connectivity index (χ2n) is 16.8. The third-order valence-electron chi connectivity index (χ3n) is 12.5. The summed E-state index contributed by atoms with van der Waals surface area (Å²) in [5.74, 6) is -0.350. The number of thioether (sulfide) groups is 2. The van der Waals surface area contributed by atoms with Crippen molar-refractivity contribution >= 4 is 63.5 Å². The highest BCUT2D eigenvalue weighted by atomic mass is 32.2. The highest BCUT2D eigenvalue weighted by Crippen LogP contribution is 2.46. The number of thiazole rings is 1. The van der Waals surface area contributed by atoms with Crippen LogP contribution in [0.4, 0.5) is 5.13 Å². The van der Waals surface area contributed by atoms with Gasteiger partial charge in [0.25, 0.3) is 11.8 Å². The third-order valence-corrected chi connectivity index (χ3v) is 15.8. The molecule has 3 aliphatic heterocycles. The van der Waals surface area contributed by atoms with E-state index in [1.54, 1.807) is 17.1 Å². The molecule has 0 bridgehead atoms. The topological polar surface area (TPSA) is 122 Å². The van der Waals surface area contributed by atoms with E-state index >= 15 is 0 Å². The standard InChI is InChI=1S/C52H50N6O5S3/c1-58(30-18-19-31-58)32-33-64-50-45(49(61)63-46(36-20-8-3-9-21-36)37-22-10-4-11-23-37)57-42(35-65-50)44(48(57)60)54-47(59)43(56-62-2)41-34-66-51(53-41)55-52(38-24-12-5-13-25-38,39-26-14-6-15-27-39)40-28-16-7-17-29-40/h3-17,20-29,34,42,44,46H,18-19,30-33,35H2,1-2H3,(H-,53,54,55,59)/p+1. The molecule has 336 valence electrons. The Morgan fingerprint density at radius 3 is 1.89 bits per heavy atom. The van der Waals surface area contributed by atoms with Crippen LogP contribution < -0.4 is 10.6 Å². The summed E-state index contributed by atoms with van der Waals surface area (Å²) in [4.78, 5) is 55.0. The van der Waals surface area contributed by atoms with Gasteiger partial charge in [-0.05, 0) is 27.8 Å². The number of anilines is 1. The number of nitrogens with zero attached hydrogens (tertiary/aromatic N) is 4. The van der Waals surface area contributed by atoms with Crippen LogP contribution in [0.1, 0.15) is 52.5 Å². The van der Waals surface area contributed by atoms with Gasteiger partial charge in [-0.15, -0.1) is 34.9 Å². The molecule has 11 nitrogen and oxygen atoms in total. The quantitative estimate of drug-likeness (QED) is 0.0231. The van der Waals surface area contributed by atoms with Gasteiger partial charge in [-0.1, -0.05) is 157 Å². The van der Waals surface area contributed by atoms with E-state index in [1.807, 2.05) is 115 Å². The smallest absolute Gasteiger partial charge is 0.357 e. The SMILES string of the molecule is CON=C(C(=O)NC1C(=O)N2C(C(=O)OC(c3ccccc3)c3ccccc3)=C(SCC[N+]3(C)CCCC3)SCC12)c1csc(NC(c2ccccc2)(c2ccccc2)c2ccccc2)n1. The molecule has 66 heavy (non-hydrogen) atoms. The Hall–Kier alpha value is -6.19. The van der Waals surface area contributed by atoms with Gasteiger partial charge in [-0.25, -0.2) is 9.78 Å². The molecular formula is C52H51N6O5S3+. The molecule has 0 saturated carbocycles. The first-order valence-electron chi connectivity index (χ1n) is 22.1. The number of amides is 2. The van der Waals surface area contributed by atoms with Gasteiger partial charge in [0.05, 0.1) is 37.0 Å². The van der Waals surface area contributed by atoms with Crippen molar-refractivity contribution in [3.63, 3.8) is 0 Å². The van der Waals surface area contributed by atoms with Crippen LogP contribution in [0, 0.1) is 0 Å². The summed E-state index contributed by atoms with van der Waals surface area (Å²) in [7, 11) is 3.65. The molecule has 6 aromatic rings. The van der Waals surface area contributed by atoms with Crippen molar-refractivity contribution in [3.05, 3.63) is 200 Å². The molecule has 2 saturated heterocycles. The van der Waals surface area contributed by atoms with Gasteiger partial charge in [0, 0.05) is 29.7 Å². The molecule has 2 unspecified atom stereocenters. The third kappa shape index (κ3) is 9.28. The molecule has 2 amide bonds. The molecule has 0 aliphatic carbocycles. The molecule has 1 aromatic heterocycles. The lowest BCUT2D eigenvalue weighted by Crippen LogP contribution is -2.73. The number of fused-ring (bicyclic) bond motifs is 1. The predicted molar refractivity (Wildman–Crippen MR) is 264 cm³/mol.